The summed E-state index contributed by atoms with van der Waals surface area (Å²) >= 11 is 0. The molecule has 1 N–H and O–H groups in total. The average molecular weight is 327 g/mol. The number of nitrogens with zero attached hydrogens (tertiary/aromatic N) is 4. The molecule has 3 rings (SSSR count). The van der Waals surface area contributed by atoms with Crippen molar-refractivity contribution < 1.29 is 17.7 Å². The SMILES string of the molecule is FC(F)(F)c1cc(NC2CCN(Cc3cnoc3)CC2)ncn1. The summed E-state index contributed by atoms with van der Waals surface area (Å²) in [7, 11) is 0. The van der Waals surface area contributed by atoms with Crippen LogP contribution in [0.4, 0.5) is 19.0 Å². The fraction of sp³-hybridized carbons (Fsp3) is 0.500. The molecular formula is C14H16F3N5O. The summed E-state index contributed by atoms with van der Waals surface area (Å²) in [5.74, 6) is 0.213. The van der Waals surface area contributed by atoms with E-state index in [-0.39, 0.29) is 11.9 Å². The molecule has 0 radical (unpaired) electrons. The van der Waals surface area contributed by atoms with Crippen LogP contribution in [-0.4, -0.2) is 39.2 Å². The smallest absolute Gasteiger partial charge is 0.367 e. The first-order valence-electron chi connectivity index (χ1n) is 7.27. The van der Waals surface area contributed by atoms with Gasteiger partial charge in [0.15, 0.2) is 0 Å². The predicted octanol–water partition coefficient (Wildman–Crippen LogP) is 2.56. The van der Waals surface area contributed by atoms with Crippen LogP contribution in [0.1, 0.15) is 24.1 Å². The number of rotatable bonds is 4. The van der Waals surface area contributed by atoms with Crippen molar-refractivity contribution in [3.63, 3.8) is 0 Å². The number of likely N-dealkylation sites (tertiary alicyclic amines) is 1. The van der Waals surface area contributed by atoms with Gasteiger partial charge in [0.05, 0.1) is 6.20 Å². The molecule has 124 valence electrons. The zero-order valence-corrected chi connectivity index (χ0v) is 12.3. The second-order valence-corrected chi connectivity index (χ2v) is 5.51. The molecule has 0 aromatic carbocycles. The van der Waals surface area contributed by atoms with Crippen molar-refractivity contribution >= 4 is 5.82 Å². The normalized spacial score (nSPS) is 17.3. The molecule has 0 spiro atoms. The van der Waals surface area contributed by atoms with Crippen LogP contribution in [0.3, 0.4) is 0 Å². The van der Waals surface area contributed by atoms with Crippen molar-refractivity contribution in [3.8, 4) is 0 Å². The molecule has 6 nitrogen and oxygen atoms in total. The van der Waals surface area contributed by atoms with E-state index in [1.165, 1.54) is 0 Å². The topological polar surface area (TPSA) is 67.1 Å². The van der Waals surface area contributed by atoms with Crippen LogP contribution >= 0.6 is 0 Å². The van der Waals surface area contributed by atoms with E-state index in [9.17, 15) is 13.2 Å². The van der Waals surface area contributed by atoms with Gasteiger partial charge in [-0.1, -0.05) is 5.16 Å². The van der Waals surface area contributed by atoms with E-state index in [4.69, 9.17) is 4.52 Å². The Morgan fingerprint density at radius 2 is 2.04 bits per heavy atom. The number of hydrogen-bond acceptors (Lipinski definition) is 6. The van der Waals surface area contributed by atoms with E-state index in [0.29, 0.717) is 0 Å². The third-order valence-electron chi connectivity index (χ3n) is 3.79. The van der Waals surface area contributed by atoms with E-state index in [1.54, 1.807) is 12.5 Å². The maximum atomic E-state index is 12.6. The first kappa shape index (κ1) is 15.7. The number of halogens is 3. The number of piperidine rings is 1. The molecule has 2 aromatic heterocycles. The lowest BCUT2D eigenvalue weighted by atomic mass is 10.0. The summed E-state index contributed by atoms with van der Waals surface area (Å²) in [5.41, 5.74) is 0.0851. The highest BCUT2D eigenvalue weighted by Crippen LogP contribution is 2.28. The van der Waals surface area contributed by atoms with Crippen LogP contribution in [0.25, 0.3) is 0 Å². The average Bonchev–Trinajstić information content (AvgIpc) is 3.02. The number of nitrogens with one attached hydrogen (secondary N) is 1. The number of aromatic nitrogens is 3. The highest BCUT2D eigenvalue weighted by molar-refractivity contribution is 5.36. The molecule has 0 atom stereocenters. The van der Waals surface area contributed by atoms with Gasteiger partial charge < -0.3 is 9.84 Å². The van der Waals surface area contributed by atoms with E-state index in [1.807, 2.05) is 0 Å². The van der Waals surface area contributed by atoms with Crippen molar-refractivity contribution in [1.82, 2.24) is 20.0 Å². The standard InChI is InChI=1S/C14H16F3N5O/c15-14(16,17)12-5-13(19-9-18-12)21-11-1-3-22(4-2-11)7-10-6-20-23-8-10/h5-6,8-9,11H,1-4,7H2,(H,18,19,21). The Kier molecular flexibility index (Phi) is 4.46. The van der Waals surface area contributed by atoms with Gasteiger partial charge in [-0.05, 0) is 12.8 Å². The number of alkyl halides is 3. The Labute approximate surface area is 130 Å². The first-order valence-corrected chi connectivity index (χ1v) is 7.27. The van der Waals surface area contributed by atoms with Crippen LogP contribution in [0, 0.1) is 0 Å². The summed E-state index contributed by atoms with van der Waals surface area (Å²) in [5, 5.41) is 6.73. The Morgan fingerprint density at radius 1 is 1.26 bits per heavy atom. The maximum Gasteiger partial charge on any atom is 0.433 e. The fourth-order valence-electron chi connectivity index (χ4n) is 2.60. The molecule has 23 heavy (non-hydrogen) atoms. The highest BCUT2D eigenvalue weighted by Gasteiger charge is 2.33. The minimum Gasteiger partial charge on any atom is -0.367 e. The first-order chi connectivity index (χ1) is 11.0. The summed E-state index contributed by atoms with van der Waals surface area (Å²) in [6.45, 7) is 2.46. The van der Waals surface area contributed by atoms with Crippen molar-refractivity contribution in [1.29, 1.82) is 0 Å². The Balaban J connectivity index is 1.52. The molecule has 3 heterocycles. The second kappa shape index (κ2) is 6.53. The molecular weight excluding hydrogens is 311 g/mol. The van der Waals surface area contributed by atoms with Gasteiger partial charge in [0, 0.05) is 37.3 Å². The monoisotopic (exact) mass is 327 g/mol. The van der Waals surface area contributed by atoms with Gasteiger partial charge in [0.2, 0.25) is 0 Å². The fourth-order valence-corrected chi connectivity index (χ4v) is 2.60. The molecule has 0 aliphatic carbocycles. The van der Waals surface area contributed by atoms with Crippen LogP contribution in [0.5, 0.6) is 0 Å². The summed E-state index contributed by atoms with van der Waals surface area (Å²) in [6, 6.07) is 1.05. The van der Waals surface area contributed by atoms with E-state index in [0.717, 1.165) is 50.4 Å². The highest BCUT2D eigenvalue weighted by atomic mass is 19.4. The molecule has 1 aliphatic rings. The van der Waals surface area contributed by atoms with E-state index < -0.39 is 11.9 Å². The Hall–Kier alpha value is -2.16. The van der Waals surface area contributed by atoms with Gasteiger partial charge in [-0.2, -0.15) is 13.2 Å². The van der Waals surface area contributed by atoms with Gasteiger partial charge >= 0.3 is 6.18 Å². The van der Waals surface area contributed by atoms with E-state index >= 15 is 0 Å². The molecule has 0 bridgehead atoms. The van der Waals surface area contributed by atoms with E-state index in [2.05, 4.69) is 25.3 Å². The van der Waals surface area contributed by atoms with Gasteiger partial charge in [0.25, 0.3) is 0 Å². The third-order valence-corrected chi connectivity index (χ3v) is 3.79. The molecule has 1 aliphatic heterocycles. The van der Waals surface area contributed by atoms with Crippen molar-refractivity contribution in [3.05, 3.63) is 36.1 Å². The van der Waals surface area contributed by atoms with Gasteiger partial charge in [-0.3, -0.25) is 4.90 Å². The summed E-state index contributed by atoms with van der Waals surface area (Å²) < 4.78 is 42.7. The summed E-state index contributed by atoms with van der Waals surface area (Å²) in [4.78, 5) is 9.38. The lowest BCUT2D eigenvalue weighted by Gasteiger charge is -2.32. The second-order valence-electron chi connectivity index (χ2n) is 5.51. The maximum absolute atomic E-state index is 12.6. The van der Waals surface area contributed by atoms with Gasteiger partial charge in [-0.15, -0.1) is 0 Å². The van der Waals surface area contributed by atoms with Crippen molar-refractivity contribution in [2.45, 2.75) is 31.6 Å². The number of hydrogen-bond donors (Lipinski definition) is 1. The molecule has 9 heteroatoms. The number of anilines is 1. The van der Waals surface area contributed by atoms with Crippen molar-refractivity contribution in [2.75, 3.05) is 18.4 Å². The summed E-state index contributed by atoms with van der Waals surface area (Å²) in [6.07, 6.45) is 1.44. The lowest BCUT2D eigenvalue weighted by Crippen LogP contribution is -2.38. The van der Waals surface area contributed by atoms with Crippen LogP contribution in [0.15, 0.2) is 29.4 Å². The zero-order chi connectivity index (χ0) is 16.3. The van der Waals surface area contributed by atoms with Crippen molar-refractivity contribution in [2.24, 2.45) is 0 Å². The zero-order valence-electron chi connectivity index (χ0n) is 12.3. The predicted molar refractivity (Wildman–Crippen MR) is 75.5 cm³/mol. The quantitative estimate of drug-likeness (QED) is 0.931. The molecule has 1 saturated heterocycles. The lowest BCUT2D eigenvalue weighted by molar-refractivity contribution is -0.141. The van der Waals surface area contributed by atoms with Gasteiger partial charge in [-0.25, -0.2) is 9.97 Å². The Morgan fingerprint density at radius 3 is 2.70 bits per heavy atom. The minimum absolute atomic E-state index is 0.102. The van der Waals surface area contributed by atoms with Gasteiger partial charge in [0.1, 0.15) is 24.1 Å². The largest absolute Gasteiger partial charge is 0.433 e. The minimum atomic E-state index is -4.46. The molecule has 0 amide bonds. The van der Waals surface area contributed by atoms with Crippen LogP contribution in [-0.2, 0) is 12.7 Å². The van der Waals surface area contributed by atoms with Crippen LogP contribution in [0.2, 0.25) is 0 Å². The molecule has 0 saturated carbocycles. The molecule has 2 aromatic rings. The Bertz CT molecular complexity index is 624. The van der Waals surface area contributed by atoms with Crippen LogP contribution < -0.4 is 5.32 Å². The molecule has 0 unspecified atom stereocenters. The molecule has 1 fully saturated rings. The third kappa shape index (κ3) is 4.19.